The number of rotatable bonds is 8. The number of amides is 1. The van der Waals surface area contributed by atoms with Crippen molar-refractivity contribution in [3.05, 3.63) is 33.9 Å². The van der Waals surface area contributed by atoms with E-state index in [1.807, 2.05) is 0 Å². The van der Waals surface area contributed by atoms with Crippen LogP contribution in [0.3, 0.4) is 0 Å². The van der Waals surface area contributed by atoms with Gasteiger partial charge in [0.1, 0.15) is 5.69 Å². The molecule has 0 spiro atoms. The Morgan fingerprint density at radius 3 is 2.46 bits per heavy atom. The molecule has 0 aliphatic carbocycles. The van der Waals surface area contributed by atoms with E-state index < -0.39 is 16.4 Å². The van der Waals surface area contributed by atoms with Crippen LogP contribution in [-0.4, -0.2) is 33.5 Å². The first kappa shape index (κ1) is 19.4. The van der Waals surface area contributed by atoms with E-state index in [9.17, 15) is 19.7 Å². The number of anilines is 1. The fourth-order valence-corrected chi connectivity index (χ4v) is 2.12. The Morgan fingerprint density at radius 2 is 1.96 bits per heavy atom. The Bertz CT molecular complexity index is 641. The van der Waals surface area contributed by atoms with Gasteiger partial charge in [0.05, 0.1) is 4.92 Å². The molecule has 0 heterocycles. The van der Waals surface area contributed by atoms with Crippen LogP contribution in [0.25, 0.3) is 0 Å². The molecule has 0 unspecified atom stereocenters. The Hall–Kier alpha value is -2.64. The molecule has 1 amide bonds. The summed E-state index contributed by atoms with van der Waals surface area (Å²) in [6, 6.07) is 4.10. The van der Waals surface area contributed by atoms with Gasteiger partial charge in [0.15, 0.2) is 0 Å². The van der Waals surface area contributed by atoms with Crippen molar-refractivity contribution in [3.8, 4) is 0 Å². The molecule has 0 saturated heterocycles. The molecule has 0 fully saturated rings. The number of nitrogens with one attached hydrogen (secondary N) is 2. The van der Waals surface area contributed by atoms with E-state index in [-0.39, 0.29) is 35.3 Å². The maximum atomic E-state index is 12.0. The Labute approximate surface area is 140 Å². The first-order valence-electron chi connectivity index (χ1n) is 7.61. The minimum atomic E-state index is -0.930. The van der Waals surface area contributed by atoms with E-state index in [2.05, 4.69) is 10.6 Å². The monoisotopic (exact) mass is 337 g/mol. The number of carboxylic acid groups (broad SMARTS) is 1. The van der Waals surface area contributed by atoms with E-state index in [0.29, 0.717) is 6.42 Å². The number of aliphatic carboxylic acids is 1. The van der Waals surface area contributed by atoms with E-state index in [0.717, 1.165) is 0 Å². The lowest BCUT2D eigenvalue weighted by atomic mass is 9.97. The summed E-state index contributed by atoms with van der Waals surface area (Å²) in [5.74, 6) is -1.31. The predicted octanol–water partition coefficient (Wildman–Crippen LogP) is 2.79. The fraction of sp³-hybridized carbons (Fsp3) is 0.500. The van der Waals surface area contributed by atoms with Crippen molar-refractivity contribution in [2.24, 2.45) is 0 Å². The summed E-state index contributed by atoms with van der Waals surface area (Å²) in [6.07, 6.45) is 0.248. The van der Waals surface area contributed by atoms with Gasteiger partial charge in [0, 0.05) is 29.6 Å². The van der Waals surface area contributed by atoms with Crippen LogP contribution in [0.5, 0.6) is 0 Å². The number of nitro benzene ring substituents is 1. The smallest absolute Gasteiger partial charge is 0.303 e. The van der Waals surface area contributed by atoms with E-state index in [1.54, 1.807) is 27.7 Å². The number of carbonyl (C=O) groups is 2. The molecule has 0 aliphatic heterocycles. The minimum absolute atomic E-state index is 0.0529. The molecule has 0 atom stereocenters. The topological polar surface area (TPSA) is 122 Å². The summed E-state index contributed by atoms with van der Waals surface area (Å²) >= 11 is 0. The predicted molar refractivity (Wildman–Crippen MR) is 90.3 cm³/mol. The lowest BCUT2D eigenvalue weighted by Gasteiger charge is -2.27. The molecule has 1 aromatic rings. The van der Waals surface area contributed by atoms with Crippen molar-refractivity contribution >= 4 is 23.3 Å². The van der Waals surface area contributed by atoms with Gasteiger partial charge in [-0.2, -0.15) is 0 Å². The molecule has 0 aliphatic rings. The van der Waals surface area contributed by atoms with Gasteiger partial charge in [-0.15, -0.1) is 0 Å². The molecule has 3 N–H and O–H groups in total. The molecule has 0 radical (unpaired) electrons. The maximum absolute atomic E-state index is 12.0. The molecular formula is C16H23N3O5. The van der Waals surface area contributed by atoms with Crippen molar-refractivity contribution in [2.45, 2.75) is 52.1 Å². The first-order chi connectivity index (χ1) is 11.0. The molecule has 132 valence electrons. The van der Waals surface area contributed by atoms with Crippen LogP contribution in [0.4, 0.5) is 11.4 Å². The maximum Gasteiger partial charge on any atom is 0.303 e. The van der Waals surface area contributed by atoms with Gasteiger partial charge < -0.3 is 15.7 Å². The lowest BCUT2D eigenvalue weighted by molar-refractivity contribution is -0.384. The average Bonchev–Trinajstić information content (AvgIpc) is 2.44. The molecule has 8 heteroatoms. The summed E-state index contributed by atoms with van der Waals surface area (Å²) in [7, 11) is 0. The number of nitrogens with zero attached hydrogens (tertiary/aromatic N) is 1. The summed E-state index contributed by atoms with van der Waals surface area (Å²) in [5, 5.41) is 25.8. The van der Waals surface area contributed by atoms with E-state index >= 15 is 0 Å². The Kier molecular flexibility index (Phi) is 6.27. The molecule has 1 aromatic carbocycles. The molecule has 0 bridgehead atoms. The Balaban J connectivity index is 3.05. The number of hydrogen-bond donors (Lipinski definition) is 3. The zero-order valence-corrected chi connectivity index (χ0v) is 14.3. The van der Waals surface area contributed by atoms with Gasteiger partial charge in [-0.25, -0.2) is 0 Å². The third-order valence-electron chi connectivity index (χ3n) is 3.31. The summed E-state index contributed by atoms with van der Waals surface area (Å²) in [6.45, 7) is 7.12. The quantitative estimate of drug-likeness (QED) is 0.495. The van der Waals surface area contributed by atoms with Gasteiger partial charge in [-0.3, -0.25) is 19.7 Å². The number of carbonyl (C=O) groups excluding carboxylic acids is 1. The highest BCUT2D eigenvalue weighted by Crippen LogP contribution is 2.29. The zero-order valence-electron chi connectivity index (χ0n) is 14.3. The fourth-order valence-electron chi connectivity index (χ4n) is 2.12. The van der Waals surface area contributed by atoms with Crippen LogP contribution < -0.4 is 10.6 Å². The van der Waals surface area contributed by atoms with Crippen molar-refractivity contribution < 1.29 is 19.6 Å². The van der Waals surface area contributed by atoms with E-state index in [4.69, 9.17) is 5.11 Å². The highest BCUT2D eigenvalue weighted by atomic mass is 16.6. The highest BCUT2D eigenvalue weighted by Gasteiger charge is 2.24. The molecule has 1 rings (SSSR count). The number of nitro groups is 1. The Morgan fingerprint density at radius 1 is 1.33 bits per heavy atom. The molecule has 0 aromatic heterocycles. The largest absolute Gasteiger partial charge is 0.481 e. The highest BCUT2D eigenvalue weighted by molar-refractivity contribution is 5.95. The van der Waals surface area contributed by atoms with Crippen LogP contribution in [0, 0.1) is 10.1 Å². The van der Waals surface area contributed by atoms with Gasteiger partial charge in [-0.05, 0) is 46.2 Å². The third-order valence-corrected chi connectivity index (χ3v) is 3.31. The molecule has 0 saturated carbocycles. The third kappa shape index (κ3) is 5.86. The molecule has 8 nitrogen and oxygen atoms in total. The van der Waals surface area contributed by atoms with Gasteiger partial charge in [0.25, 0.3) is 11.6 Å². The summed E-state index contributed by atoms with van der Waals surface area (Å²) in [4.78, 5) is 33.4. The van der Waals surface area contributed by atoms with Crippen molar-refractivity contribution in [1.82, 2.24) is 5.32 Å². The SMILES string of the molecule is CC(C)NC(=O)c1ccc(NC(C)(C)CCC(=O)O)c([N+](=O)[O-])c1. The number of hydrogen-bond acceptors (Lipinski definition) is 5. The molecule has 24 heavy (non-hydrogen) atoms. The summed E-state index contributed by atoms with van der Waals surface area (Å²) < 4.78 is 0. The van der Waals surface area contributed by atoms with Gasteiger partial charge in [0.2, 0.25) is 0 Å². The lowest BCUT2D eigenvalue weighted by Crippen LogP contribution is -2.32. The second-order valence-corrected chi connectivity index (χ2v) is 6.52. The zero-order chi connectivity index (χ0) is 18.5. The number of carboxylic acids is 1. The standard InChI is InChI=1S/C16H23N3O5/c1-10(2)17-15(22)11-5-6-12(13(9-11)19(23)24)18-16(3,4)8-7-14(20)21/h5-6,9-10,18H,7-8H2,1-4H3,(H,17,22)(H,20,21). The second kappa shape index (κ2) is 7.76. The van der Waals surface area contributed by atoms with Crippen LogP contribution in [0.1, 0.15) is 50.9 Å². The van der Waals surface area contributed by atoms with Crippen LogP contribution in [0.15, 0.2) is 18.2 Å². The van der Waals surface area contributed by atoms with Crippen LogP contribution in [0.2, 0.25) is 0 Å². The van der Waals surface area contributed by atoms with Crippen molar-refractivity contribution in [2.75, 3.05) is 5.32 Å². The van der Waals surface area contributed by atoms with Crippen LogP contribution >= 0.6 is 0 Å². The minimum Gasteiger partial charge on any atom is -0.481 e. The molecular weight excluding hydrogens is 314 g/mol. The number of benzene rings is 1. The normalized spacial score (nSPS) is 11.2. The van der Waals surface area contributed by atoms with Crippen LogP contribution in [-0.2, 0) is 4.79 Å². The average molecular weight is 337 g/mol. The van der Waals surface area contributed by atoms with Crippen molar-refractivity contribution in [1.29, 1.82) is 0 Å². The summed E-state index contributed by atoms with van der Waals surface area (Å²) in [5.41, 5.74) is -0.430. The van der Waals surface area contributed by atoms with E-state index in [1.165, 1.54) is 18.2 Å². The van der Waals surface area contributed by atoms with Crippen molar-refractivity contribution in [3.63, 3.8) is 0 Å². The van der Waals surface area contributed by atoms with Gasteiger partial charge >= 0.3 is 5.97 Å². The van der Waals surface area contributed by atoms with Gasteiger partial charge in [-0.1, -0.05) is 0 Å². The first-order valence-corrected chi connectivity index (χ1v) is 7.61. The second-order valence-electron chi connectivity index (χ2n) is 6.52.